The molecule has 0 aliphatic rings. The summed E-state index contributed by atoms with van der Waals surface area (Å²) in [6.07, 6.45) is 1.78. The highest BCUT2D eigenvalue weighted by Crippen LogP contribution is 2.19. The number of benzene rings is 1. The standard InChI is InChI=1S/C16H17NOS2/c1-2-10-17(12-15-9-6-11-19-15)16(18)13-20-14-7-4-3-5-8-14/h2-9,11H,1,10,12-13H2. The van der Waals surface area contributed by atoms with Crippen LogP contribution in [0.3, 0.4) is 0 Å². The van der Waals surface area contributed by atoms with Crippen LogP contribution >= 0.6 is 23.1 Å². The summed E-state index contributed by atoms with van der Waals surface area (Å²) in [5.41, 5.74) is 0. The fraction of sp³-hybridized carbons (Fsp3) is 0.188. The van der Waals surface area contributed by atoms with Crippen molar-refractivity contribution in [3.63, 3.8) is 0 Å². The number of amides is 1. The van der Waals surface area contributed by atoms with Gasteiger partial charge in [-0.05, 0) is 23.6 Å². The van der Waals surface area contributed by atoms with E-state index in [-0.39, 0.29) is 5.91 Å². The number of thioether (sulfide) groups is 1. The SMILES string of the molecule is C=CCN(Cc1cccs1)C(=O)CSc1ccccc1. The Morgan fingerprint density at radius 3 is 2.70 bits per heavy atom. The molecule has 1 aromatic carbocycles. The first kappa shape index (κ1) is 14.9. The van der Waals surface area contributed by atoms with Gasteiger partial charge in [0, 0.05) is 16.3 Å². The quantitative estimate of drug-likeness (QED) is 0.568. The second-order valence-electron chi connectivity index (χ2n) is 4.24. The molecule has 0 bridgehead atoms. The van der Waals surface area contributed by atoms with E-state index in [4.69, 9.17) is 0 Å². The molecular formula is C16H17NOS2. The number of carbonyl (C=O) groups excluding carboxylic acids is 1. The molecule has 0 unspecified atom stereocenters. The van der Waals surface area contributed by atoms with E-state index in [2.05, 4.69) is 12.6 Å². The first-order valence-electron chi connectivity index (χ1n) is 6.38. The number of hydrogen-bond acceptors (Lipinski definition) is 3. The minimum Gasteiger partial charge on any atom is -0.333 e. The Kier molecular flexibility index (Phi) is 5.89. The molecule has 2 rings (SSSR count). The molecule has 0 saturated carbocycles. The molecule has 1 amide bonds. The third-order valence-electron chi connectivity index (χ3n) is 2.73. The maximum Gasteiger partial charge on any atom is 0.233 e. The zero-order valence-corrected chi connectivity index (χ0v) is 12.8. The van der Waals surface area contributed by atoms with E-state index in [1.54, 1.807) is 29.2 Å². The third-order valence-corrected chi connectivity index (χ3v) is 4.59. The summed E-state index contributed by atoms with van der Waals surface area (Å²) >= 11 is 3.25. The topological polar surface area (TPSA) is 20.3 Å². The summed E-state index contributed by atoms with van der Waals surface area (Å²) in [7, 11) is 0. The smallest absolute Gasteiger partial charge is 0.233 e. The van der Waals surface area contributed by atoms with Gasteiger partial charge in [-0.15, -0.1) is 29.7 Å². The lowest BCUT2D eigenvalue weighted by molar-refractivity contribution is -0.128. The van der Waals surface area contributed by atoms with Gasteiger partial charge in [0.2, 0.25) is 5.91 Å². The molecule has 0 aliphatic carbocycles. The summed E-state index contributed by atoms with van der Waals surface area (Å²) in [5, 5.41) is 2.03. The number of nitrogens with zero attached hydrogens (tertiary/aromatic N) is 1. The van der Waals surface area contributed by atoms with E-state index in [0.29, 0.717) is 18.8 Å². The Morgan fingerprint density at radius 1 is 1.25 bits per heavy atom. The van der Waals surface area contributed by atoms with Crippen LogP contribution in [0.25, 0.3) is 0 Å². The molecule has 4 heteroatoms. The second-order valence-corrected chi connectivity index (χ2v) is 6.33. The van der Waals surface area contributed by atoms with Crippen LogP contribution in [0.15, 0.2) is 65.4 Å². The van der Waals surface area contributed by atoms with E-state index in [0.717, 1.165) is 4.90 Å². The first-order chi connectivity index (χ1) is 9.79. The van der Waals surface area contributed by atoms with Crippen molar-refractivity contribution in [1.82, 2.24) is 4.90 Å². The number of rotatable bonds is 7. The molecule has 0 spiro atoms. The number of hydrogen-bond donors (Lipinski definition) is 0. The van der Waals surface area contributed by atoms with Crippen molar-refractivity contribution in [1.29, 1.82) is 0 Å². The lowest BCUT2D eigenvalue weighted by Crippen LogP contribution is -2.31. The molecule has 1 heterocycles. The zero-order valence-electron chi connectivity index (χ0n) is 11.2. The molecule has 0 fully saturated rings. The Labute approximate surface area is 128 Å². The van der Waals surface area contributed by atoms with Gasteiger partial charge in [0.05, 0.1) is 12.3 Å². The van der Waals surface area contributed by atoms with Crippen LogP contribution in [0, 0.1) is 0 Å². The van der Waals surface area contributed by atoms with Crippen LogP contribution in [0.2, 0.25) is 0 Å². The van der Waals surface area contributed by atoms with Crippen molar-refractivity contribution in [2.45, 2.75) is 11.4 Å². The molecule has 0 atom stereocenters. The minimum atomic E-state index is 0.146. The van der Waals surface area contributed by atoms with Gasteiger partial charge >= 0.3 is 0 Å². The average Bonchev–Trinajstić information content (AvgIpc) is 2.98. The van der Waals surface area contributed by atoms with Crippen molar-refractivity contribution < 1.29 is 4.79 Å². The predicted molar refractivity (Wildman–Crippen MR) is 87.1 cm³/mol. The molecule has 2 aromatic rings. The fourth-order valence-corrected chi connectivity index (χ4v) is 3.30. The lowest BCUT2D eigenvalue weighted by Gasteiger charge is -2.20. The van der Waals surface area contributed by atoms with Crippen LogP contribution in [0.1, 0.15) is 4.88 Å². The van der Waals surface area contributed by atoms with Gasteiger partial charge in [-0.1, -0.05) is 30.3 Å². The molecule has 20 heavy (non-hydrogen) atoms. The highest BCUT2D eigenvalue weighted by molar-refractivity contribution is 8.00. The van der Waals surface area contributed by atoms with Crippen LogP contribution in [-0.2, 0) is 11.3 Å². The van der Waals surface area contributed by atoms with Gasteiger partial charge in [-0.25, -0.2) is 0 Å². The third kappa shape index (κ3) is 4.54. The summed E-state index contributed by atoms with van der Waals surface area (Å²) in [6, 6.07) is 14.1. The maximum atomic E-state index is 12.3. The molecule has 104 valence electrons. The monoisotopic (exact) mass is 303 g/mol. The Morgan fingerprint density at radius 2 is 2.05 bits per heavy atom. The predicted octanol–water partition coefficient (Wildman–Crippen LogP) is 4.06. The summed E-state index contributed by atoms with van der Waals surface area (Å²) in [5.74, 6) is 0.607. The number of carbonyl (C=O) groups is 1. The zero-order chi connectivity index (χ0) is 14.2. The van der Waals surface area contributed by atoms with Crippen LogP contribution < -0.4 is 0 Å². The maximum absolute atomic E-state index is 12.3. The largest absolute Gasteiger partial charge is 0.333 e. The highest BCUT2D eigenvalue weighted by atomic mass is 32.2. The summed E-state index contributed by atoms with van der Waals surface area (Å²) in [6.45, 7) is 4.99. The number of thiophene rings is 1. The van der Waals surface area contributed by atoms with Crippen LogP contribution in [-0.4, -0.2) is 23.1 Å². The fourth-order valence-electron chi connectivity index (χ4n) is 1.75. The molecule has 0 aliphatic heterocycles. The van der Waals surface area contributed by atoms with Crippen molar-refractivity contribution in [2.24, 2.45) is 0 Å². The van der Waals surface area contributed by atoms with Crippen molar-refractivity contribution >= 4 is 29.0 Å². The lowest BCUT2D eigenvalue weighted by atomic mass is 10.4. The normalized spacial score (nSPS) is 10.2. The van der Waals surface area contributed by atoms with Gasteiger partial charge < -0.3 is 4.90 Å². The molecule has 0 saturated heterocycles. The highest BCUT2D eigenvalue weighted by Gasteiger charge is 2.13. The van der Waals surface area contributed by atoms with E-state index in [1.165, 1.54) is 4.88 Å². The van der Waals surface area contributed by atoms with Crippen molar-refractivity contribution in [3.05, 3.63) is 65.4 Å². The van der Waals surface area contributed by atoms with Gasteiger partial charge in [-0.2, -0.15) is 0 Å². The van der Waals surface area contributed by atoms with E-state index < -0.39 is 0 Å². The van der Waals surface area contributed by atoms with Gasteiger partial charge in [0.25, 0.3) is 0 Å². The van der Waals surface area contributed by atoms with E-state index in [9.17, 15) is 4.79 Å². The van der Waals surface area contributed by atoms with Gasteiger partial charge in [0.1, 0.15) is 0 Å². The van der Waals surface area contributed by atoms with E-state index >= 15 is 0 Å². The Bertz CT molecular complexity index is 537. The van der Waals surface area contributed by atoms with Gasteiger partial charge in [0.15, 0.2) is 0 Å². The Hall–Kier alpha value is -1.52. The molecular weight excluding hydrogens is 286 g/mol. The summed E-state index contributed by atoms with van der Waals surface area (Å²) in [4.78, 5) is 16.5. The minimum absolute atomic E-state index is 0.146. The Balaban J connectivity index is 1.91. The van der Waals surface area contributed by atoms with Gasteiger partial charge in [-0.3, -0.25) is 4.79 Å². The second kappa shape index (κ2) is 7.92. The van der Waals surface area contributed by atoms with Crippen LogP contribution in [0.5, 0.6) is 0 Å². The molecule has 0 N–H and O–H groups in total. The first-order valence-corrected chi connectivity index (χ1v) is 8.25. The molecule has 0 radical (unpaired) electrons. The van der Waals surface area contributed by atoms with Crippen molar-refractivity contribution in [2.75, 3.05) is 12.3 Å². The van der Waals surface area contributed by atoms with Crippen LogP contribution in [0.4, 0.5) is 0 Å². The molecule has 2 nitrogen and oxygen atoms in total. The van der Waals surface area contributed by atoms with E-state index in [1.807, 2.05) is 46.7 Å². The summed E-state index contributed by atoms with van der Waals surface area (Å²) < 4.78 is 0. The van der Waals surface area contributed by atoms with Crippen molar-refractivity contribution in [3.8, 4) is 0 Å². The average molecular weight is 303 g/mol. The molecule has 1 aromatic heterocycles.